The summed E-state index contributed by atoms with van der Waals surface area (Å²) in [5.74, 6) is 2.70. The van der Waals surface area contributed by atoms with Gasteiger partial charge in [0.15, 0.2) is 6.29 Å². The second kappa shape index (κ2) is 23.9. The van der Waals surface area contributed by atoms with Crippen molar-refractivity contribution < 1.29 is 9.47 Å². The summed E-state index contributed by atoms with van der Waals surface area (Å²) in [5.41, 5.74) is 0. The first-order chi connectivity index (χ1) is 23.4. The van der Waals surface area contributed by atoms with Gasteiger partial charge in [0.1, 0.15) is 0 Å². The molecule has 1 aliphatic rings. The van der Waals surface area contributed by atoms with E-state index < -0.39 is 6.89 Å². The van der Waals surface area contributed by atoms with Crippen molar-refractivity contribution in [2.24, 2.45) is 0 Å². The lowest BCUT2D eigenvalue weighted by Crippen LogP contribution is -2.26. The van der Waals surface area contributed by atoms with Crippen molar-refractivity contribution in [3.63, 3.8) is 0 Å². The topological polar surface area (TPSA) is 18.5 Å². The third-order valence-corrected chi connectivity index (χ3v) is 13.8. The first-order valence-electron chi connectivity index (χ1n) is 19.2. The minimum atomic E-state index is -1.79. The normalized spacial score (nSPS) is 13.9. The van der Waals surface area contributed by atoms with Crippen LogP contribution in [0.1, 0.15) is 128 Å². The maximum atomic E-state index is 5.51. The van der Waals surface area contributed by atoms with Crippen LogP contribution in [0.15, 0.2) is 103 Å². The van der Waals surface area contributed by atoms with Crippen LogP contribution in [0, 0.1) is 0 Å². The van der Waals surface area contributed by atoms with E-state index >= 15 is 0 Å². The Balaban J connectivity index is 1.01. The molecule has 3 aromatic rings. The molecule has 0 saturated carbocycles. The van der Waals surface area contributed by atoms with Crippen LogP contribution in [0.5, 0.6) is 0 Å². The number of unbranched alkanes of at least 4 members (excludes halogenated alkanes) is 17. The molecule has 1 aliphatic heterocycles. The van der Waals surface area contributed by atoms with Gasteiger partial charge in [0.2, 0.25) is 0 Å². The average molecular weight is 655 g/mol. The van der Waals surface area contributed by atoms with E-state index in [4.69, 9.17) is 9.47 Å². The molecular weight excluding hydrogens is 591 g/mol. The molecule has 0 radical (unpaired) electrons. The molecule has 0 aromatic heterocycles. The van der Waals surface area contributed by atoms with Crippen LogP contribution in [0.25, 0.3) is 0 Å². The second-order valence-electron chi connectivity index (χ2n) is 13.4. The average Bonchev–Trinajstić information content (AvgIpc) is 3.65. The maximum absolute atomic E-state index is 5.51. The van der Waals surface area contributed by atoms with Crippen LogP contribution >= 0.6 is 6.89 Å². The first kappa shape index (κ1) is 37.4. The number of hydrogen-bond donors (Lipinski definition) is 0. The molecule has 1 heterocycles. The Morgan fingerprint density at radius 3 is 1.17 bits per heavy atom. The van der Waals surface area contributed by atoms with Crippen LogP contribution in [-0.4, -0.2) is 25.3 Å². The van der Waals surface area contributed by atoms with Crippen LogP contribution in [-0.2, 0) is 9.47 Å². The van der Waals surface area contributed by atoms with Gasteiger partial charge in [0, 0.05) is 0 Å². The molecule has 1 saturated heterocycles. The Kier molecular flexibility index (Phi) is 19.0. The van der Waals surface area contributed by atoms with E-state index in [2.05, 4.69) is 109 Å². The van der Waals surface area contributed by atoms with Crippen LogP contribution in [0.4, 0.5) is 0 Å². The highest BCUT2D eigenvalue weighted by Crippen LogP contribution is 2.44. The van der Waals surface area contributed by atoms with E-state index in [0.29, 0.717) is 0 Å². The molecule has 3 heteroatoms. The molecule has 0 spiro atoms. The maximum Gasteiger partial charge on any atom is 0.157 e. The Labute approximate surface area is 288 Å². The summed E-state index contributed by atoms with van der Waals surface area (Å²) in [4.78, 5) is 0. The van der Waals surface area contributed by atoms with Crippen LogP contribution in [0.3, 0.4) is 0 Å². The molecule has 0 amide bonds. The Bertz CT molecular complexity index is 1140. The zero-order valence-electron chi connectivity index (χ0n) is 29.3. The molecular formula is C44H63O2P. The zero-order chi connectivity index (χ0) is 32.5. The Hall–Kier alpha value is -2.38. The number of rotatable bonds is 25. The van der Waals surface area contributed by atoms with Gasteiger partial charge in [-0.1, -0.05) is 186 Å². The lowest BCUT2D eigenvalue weighted by atomic mass is 10.1. The molecule has 1 fully saturated rings. The standard InChI is InChI=1S/C44H63O2P/c1(2-4-6-8-10-12-14-16-18-29-37-44-45-38-39-46-44)3-5-7-9-11-13-15-17-19-30-40-47(41-31-23-20-24-32-41,42-33-25-21-26-34-42)43-35-27-22-28-36-43/h1-2,20-28,31-36,40,44H,3-19,29-30,37-39H2/b2-1+. The van der Waals surface area contributed by atoms with E-state index in [0.717, 1.165) is 19.6 Å². The van der Waals surface area contributed by atoms with Gasteiger partial charge < -0.3 is 9.47 Å². The van der Waals surface area contributed by atoms with Crippen molar-refractivity contribution in [1.29, 1.82) is 0 Å². The smallest absolute Gasteiger partial charge is 0.157 e. The van der Waals surface area contributed by atoms with Crippen LogP contribution in [0.2, 0.25) is 0 Å². The van der Waals surface area contributed by atoms with Crippen molar-refractivity contribution in [2.75, 3.05) is 13.2 Å². The van der Waals surface area contributed by atoms with E-state index in [1.54, 1.807) is 0 Å². The van der Waals surface area contributed by atoms with Crippen LogP contribution < -0.4 is 15.9 Å². The largest absolute Gasteiger partial charge is 0.350 e. The summed E-state index contributed by atoms with van der Waals surface area (Å²) in [6.45, 7) is -0.223. The van der Waals surface area contributed by atoms with Gasteiger partial charge in [-0.15, -0.1) is 0 Å². The van der Waals surface area contributed by atoms with Gasteiger partial charge in [-0.05, 0) is 74.2 Å². The number of hydrogen-bond acceptors (Lipinski definition) is 2. The Morgan fingerprint density at radius 2 is 0.766 bits per heavy atom. The summed E-state index contributed by atoms with van der Waals surface area (Å²) in [6, 6.07) is 33.7. The van der Waals surface area contributed by atoms with Crippen molar-refractivity contribution in [3.8, 4) is 0 Å². The van der Waals surface area contributed by atoms with Gasteiger partial charge in [-0.2, -0.15) is 0 Å². The Morgan fingerprint density at radius 1 is 0.426 bits per heavy atom. The highest BCUT2D eigenvalue weighted by atomic mass is 31.2. The second-order valence-corrected chi connectivity index (χ2v) is 16.7. The number of ether oxygens (including phenoxy) is 2. The quantitative estimate of drug-likeness (QED) is 0.0514. The van der Waals surface area contributed by atoms with Gasteiger partial charge in [0.05, 0.1) is 13.2 Å². The molecule has 0 unspecified atom stereocenters. The van der Waals surface area contributed by atoms with Crippen molar-refractivity contribution in [2.45, 2.75) is 135 Å². The summed E-state index contributed by atoms with van der Waals surface area (Å²) in [5, 5.41) is 4.38. The highest BCUT2D eigenvalue weighted by molar-refractivity contribution is 7.94. The minimum absolute atomic E-state index is 0.0914. The summed E-state index contributed by atoms with van der Waals surface area (Å²) in [6.07, 6.45) is 31.5. The van der Waals surface area contributed by atoms with Gasteiger partial charge >= 0.3 is 0 Å². The summed E-state index contributed by atoms with van der Waals surface area (Å²) >= 11 is 0. The molecule has 0 N–H and O–H groups in total. The summed E-state index contributed by atoms with van der Waals surface area (Å²) < 4.78 is 11.0. The van der Waals surface area contributed by atoms with E-state index in [-0.39, 0.29) is 6.29 Å². The zero-order valence-corrected chi connectivity index (χ0v) is 30.2. The SMILES string of the molecule is C(CCCCCCCCCC/C=C/CCCCCCCCCCC1OCCO1)=P(c1ccccc1)(c1ccccc1)c1ccccc1. The molecule has 3 aromatic carbocycles. The molecule has 0 aliphatic carbocycles. The monoisotopic (exact) mass is 654 g/mol. The molecule has 256 valence electrons. The third-order valence-electron chi connectivity index (χ3n) is 9.64. The van der Waals surface area contributed by atoms with E-state index in [9.17, 15) is 0 Å². The highest BCUT2D eigenvalue weighted by Gasteiger charge is 2.24. The fourth-order valence-electron chi connectivity index (χ4n) is 6.95. The predicted octanol–water partition coefficient (Wildman–Crippen LogP) is 11.5. The lowest BCUT2D eigenvalue weighted by Gasteiger charge is -2.29. The van der Waals surface area contributed by atoms with Crippen molar-refractivity contribution in [1.82, 2.24) is 0 Å². The molecule has 47 heavy (non-hydrogen) atoms. The fourth-order valence-corrected chi connectivity index (χ4v) is 11.0. The summed E-state index contributed by atoms with van der Waals surface area (Å²) in [7, 11) is 0. The van der Waals surface area contributed by atoms with Gasteiger partial charge in [0.25, 0.3) is 0 Å². The first-order valence-corrected chi connectivity index (χ1v) is 21.0. The fraction of sp³-hybridized carbons (Fsp3) is 0.523. The predicted molar refractivity (Wildman–Crippen MR) is 208 cm³/mol. The molecule has 0 bridgehead atoms. The van der Waals surface area contributed by atoms with Crippen molar-refractivity contribution >= 4 is 28.6 Å². The van der Waals surface area contributed by atoms with Crippen molar-refractivity contribution in [3.05, 3.63) is 103 Å². The van der Waals surface area contributed by atoms with E-state index in [1.807, 2.05) is 0 Å². The minimum Gasteiger partial charge on any atom is -0.350 e. The van der Waals surface area contributed by atoms with E-state index in [1.165, 1.54) is 138 Å². The van der Waals surface area contributed by atoms with Gasteiger partial charge in [-0.3, -0.25) is 0 Å². The lowest BCUT2D eigenvalue weighted by molar-refractivity contribution is -0.0480. The number of benzene rings is 3. The number of allylic oxidation sites excluding steroid dienone is 2. The molecule has 0 atom stereocenters. The molecule has 4 rings (SSSR count). The van der Waals surface area contributed by atoms with Gasteiger partial charge in [-0.25, -0.2) is 0 Å². The molecule has 2 nitrogen and oxygen atoms in total. The third kappa shape index (κ3) is 13.9.